The molecule has 0 amide bonds. The van der Waals surface area contributed by atoms with Crippen molar-refractivity contribution >= 4 is 33.9 Å². The molecule has 0 fully saturated rings. The second-order valence-electron chi connectivity index (χ2n) is 6.53. The average Bonchev–Trinajstić information content (AvgIpc) is 2.71. The molecule has 146 valence electrons. The number of fused-ring (bicyclic) bond motifs is 1. The molecule has 1 N–H and O–H groups in total. The molecule has 0 radical (unpaired) electrons. The Balaban J connectivity index is 1.72. The highest BCUT2D eigenvalue weighted by atomic mass is 35.5. The fraction of sp³-hybridized carbons (Fsp3) is 0.0909. The van der Waals surface area contributed by atoms with E-state index in [1.807, 2.05) is 36.4 Å². The van der Waals surface area contributed by atoms with Gasteiger partial charge in [-0.3, -0.25) is 4.98 Å². The summed E-state index contributed by atoms with van der Waals surface area (Å²) in [5, 5.41) is 4.46. The lowest BCUT2D eigenvalue weighted by atomic mass is 10.0. The van der Waals surface area contributed by atoms with E-state index >= 15 is 0 Å². The molecule has 4 rings (SSSR count). The lowest BCUT2D eigenvalue weighted by molar-refractivity contribution is -0.137. The lowest BCUT2D eigenvalue weighted by Gasteiger charge is -2.14. The minimum atomic E-state index is -4.53. The Morgan fingerprint density at radius 3 is 2.38 bits per heavy atom. The molecule has 7 heteroatoms. The summed E-state index contributed by atoms with van der Waals surface area (Å²) in [7, 11) is 0. The van der Waals surface area contributed by atoms with Gasteiger partial charge in [0.1, 0.15) is 5.82 Å². The Bertz CT molecular complexity index is 1160. The second-order valence-corrected chi connectivity index (χ2v) is 6.93. The number of nitrogens with one attached hydrogen (secondary N) is 1. The third-order valence-electron chi connectivity index (χ3n) is 4.56. The predicted octanol–water partition coefficient (Wildman–Crippen LogP) is 6.64. The smallest absolute Gasteiger partial charge is 0.340 e. The highest BCUT2D eigenvalue weighted by Crippen LogP contribution is 2.37. The zero-order valence-corrected chi connectivity index (χ0v) is 15.8. The fourth-order valence-corrected chi connectivity index (χ4v) is 3.39. The molecule has 2 heterocycles. The van der Waals surface area contributed by atoms with Crippen LogP contribution in [-0.2, 0) is 12.6 Å². The number of rotatable bonds is 4. The zero-order valence-electron chi connectivity index (χ0n) is 15.0. The van der Waals surface area contributed by atoms with Crippen molar-refractivity contribution in [3.63, 3.8) is 0 Å². The first-order valence-corrected chi connectivity index (χ1v) is 9.19. The summed E-state index contributed by atoms with van der Waals surface area (Å²) in [6, 6.07) is 15.2. The molecule has 0 aliphatic carbocycles. The molecule has 0 saturated carbocycles. The van der Waals surface area contributed by atoms with E-state index in [1.54, 1.807) is 18.6 Å². The Morgan fingerprint density at radius 2 is 1.66 bits per heavy atom. The van der Waals surface area contributed by atoms with Gasteiger partial charge in [0.2, 0.25) is 0 Å². The molecule has 2 aromatic carbocycles. The number of benzene rings is 2. The number of aromatic nitrogens is 2. The number of hydrogen-bond acceptors (Lipinski definition) is 3. The van der Waals surface area contributed by atoms with Crippen molar-refractivity contribution < 1.29 is 13.2 Å². The summed E-state index contributed by atoms with van der Waals surface area (Å²) in [6.07, 6.45) is 1.36. The number of nitrogens with zero attached hydrogens (tertiary/aromatic N) is 2. The summed E-state index contributed by atoms with van der Waals surface area (Å²) >= 11 is 5.71. The Hall–Kier alpha value is -3.12. The van der Waals surface area contributed by atoms with Crippen LogP contribution in [0.3, 0.4) is 0 Å². The van der Waals surface area contributed by atoms with E-state index in [4.69, 9.17) is 11.6 Å². The fourth-order valence-electron chi connectivity index (χ4n) is 3.17. The monoisotopic (exact) mass is 413 g/mol. The van der Waals surface area contributed by atoms with E-state index in [1.165, 1.54) is 12.1 Å². The molecule has 3 nitrogen and oxygen atoms in total. The molecule has 4 aromatic rings. The first-order valence-electron chi connectivity index (χ1n) is 8.81. The number of hydrogen-bond donors (Lipinski definition) is 1. The third-order valence-corrected chi connectivity index (χ3v) is 4.89. The molecular formula is C22H15ClF3N3. The molecular weight excluding hydrogens is 399 g/mol. The minimum Gasteiger partial charge on any atom is -0.340 e. The third kappa shape index (κ3) is 4.17. The van der Waals surface area contributed by atoms with Gasteiger partial charge >= 0.3 is 6.18 Å². The molecule has 0 bridgehead atoms. The van der Waals surface area contributed by atoms with Crippen molar-refractivity contribution in [3.05, 3.63) is 94.9 Å². The summed E-state index contributed by atoms with van der Waals surface area (Å²) in [5.41, 5.74) is 1.49. The van der Waals surface area contributed by atoms with Gasteiger partial charge < -0.3 is 5.32 Å². The first kappa shape index (κ1) is 19.2. The molecule has 29 heavy (non-hydrogen) atoms. The van der Waals surface area contributed by atoms with Crippen molar-refractivity contribution in [2.24, 2.45) is 0 Å². The van der Waals surface area contributed by atoms with Crippen LogP contribution >= 0.6 is 11.6 Å². The SMILES string of the molecule is FC(F)(F)c1cc(Nc2ncc(Cc3ccncc3)c3ccccc23)ccc1Cl. The summed E-state index contributed by atoms with van der Waals surface area (Å²) in [4.78, 5) is 8.50. The Morgan fingerprint density at radius 1 is 0.931 bits per heavy atom. The number of anilines is 2. The quantitative estimate of drug-likeness (QED) is 0.407. The van der Waals surface area contributed by atoms with Crippen molar-refractivity contribution in [3.8, 4) is 0 Å². The molecule has 0 spiro atoms. The van der Waals surface area contributed by atoms with E-state index in [0.717, 1.165) is 28.0 Å². The molecule has 2 aromatic heterocycles. The Kier molecular flexibility index (Phi) is 5.11. The predicted molar refractivity (Wildman–Crippen MR) is 109 cm³/mol. The van der Waals surface area contributed by atoms with Crippen LogP contribution in [0, 0.1) is 0 Å². The Labute approximate surface area is 170 Å². The summed E-state index contributed by atoms with van der Waals surface area (Å²) in [5.74, 6) is 0.481. The van der Waals surface area contributed by atoms with Crippen LogP contribution < -0.4 is 5.32 Å². The van der Waals surface area contributed by atoms with Gasteiger partial charge in [-0.1, -0.05) is 35.9 Å². The van der Waals surface area contributed by atoms with Crippen molar-refractivity contribution in [2.45, 2.75) is 12.6 Å². The van der Waals surface area contributed by atoms with Gasteiger partial charge in [-0.25, -0.2) is 4.98 Å². The molecule has 0 atom stereocenters. The van der Waals surface area contributed by atoms with Gasteiger partial charge in [0.05, 0.1) is 10.6 Å². The number of pyridine rings is 2. The van der Waals surface area contributed by atoms with Crippen LogP contribution in [0.2, 0.25) is 5.02 Å². The lowest BCUT2D eigenvalue weighted by Crippen LogP contribution is -2.07. The standard InChI is InChI=1S/C22H15ClF3N3/c23-20-6-5-16(12-19(20)22(24,25)26)29-21-18-4-2-1-3-17(18)15(13-28-21)11-14-7-9-27-10-8-14/h1-10,12-13H,11H2,(H,28,29). The van der Waals surface area contributed by atoms with Gasteiger partial charge in [0, 0.05) is 29.7 Å². The van der Waals surface area contributed by atoms with Crippen LogP contribution in [0.4, 0.5) is 24.7 Å². The van der Waals surface area contributed by atoms with Gasteiger partial charge in [0.25, 0.3) is 0 Å². The van der Waals surface area contributed by atoms with Gasteiger partial charge in [-0.15, -0.1) is 0 Å². The molecule has 0 aliphatic heterocycles. The van der Waals surface area contributed by atoms with Crippen LogP contribution in [-0.4, -0.2) is 9.97 Å². The summed E-state index contributed by atoms with van der Waals surface area (Å²) < 4.78 is 39.4. The number of halogens is 4. The molecule has 0 saturated heterocycles. The highest BCUT2D eigenvalue weighted by molar-refractivity contribution is 6.31. The van der Waals surface area contributed by atoms with Crippen molar-refractivity contribution in [1.82, 2.24) is 9.97 Å². The normalized spacial score (nSPS) is 11.6. The molecule has 0 aliphatic rings. The second kappa shape index (κ2) is 7.72. The topological polar surface area (TPSA) is 37.8 Å². The van der Waals surface area contributed by atoms with E-state index in [9.17, 15) is 13.2 Å². The zero-order chi connectivity index (χ0) is 20.4. The van der Waals surface area contributed by atoms with Crippen LogP contribution in [0.25, 0.3) is 10.8 Å². The largest absolute Gasteiger partial charge is 0.417 e. The minimum absolute atomic E-state index is 0.265. The van der Waals surface area contributed by atoms with Crippen LogP contribution in [0.1, 0.15) is 16.7 Å². The van der Waals surface area contributed by atoms with Gasteiger partial charge in [-0.2, -0.15) is 13.2 Å². The maximum absolute atomic E-state index is 13.1. The van der Waals surface area contributed by atoms with Gasteiger partial charge in [0.15, 0.2) is 0 Å². The molecule has 0 unspecified atom stereocenters. The first-order chi connectivity index (χ1) is 13.9. The summed E-state index contributed by atoms with van der Waals surface area (Å²) in [6.45, 7) is 0. The van der Waals surface area contributed by atoms with Crippen molar-refractivity contribution in [1.29, 1.82) is 0 Å². The van der Waals surface area contributed by atoms with E-state index in [0.29, 0.717) is 12.2 Å². The maximum Gasteiger partial charge on any atom is 0.417 e. The van der Waals surface area contributed by atoms with Gasteiger partial charge in [-0.05, 0) is 53.3 Å². The van der Waals surface area contributed by atoms with Crippen LogP contribution in [0.5, 0.6) is 0 Å². The number of alkyl halides is 3. The maximum atomic E-state index is 13.1. The average molecular weight is 414 g/mol. The van der Waals surface area contributed by atoms with Crippen LogP contribution in [0.15, 0.2) is 73.2 Å². The van der Waals surface area contributed by atoms with E-state index in [-0.39, 0.29) is 10.7 Å². The van der Waals surface area contributed by atoms with Crippen molar-refractivity contribution in [2.75, 3.05) is 5.32 Å². The van der Waals surface area contributed by atoms with E-state index in [2.05, 4.69) is 15.3 Å². The highest BCUT2D eigenvalue weighted by Gasteiger charge is 2.33. The van der Waals surface area contributed by atoms with E-state index < -0.39 is 11.7 Å².